The topological polar surface area (TPSA) is 110 Å². The first kappa shape index (κ1) is 16.7. The second-order valence-electron chi connectivity index (χ2n) is 6.02. The SMILES string of the molecule is CS(=O)(=O)NCC1CCCN(c2nc3ccccn3c2[N+](=O)[O-])C1. The van der Waals surface area contributed by atoms with Crippen LogP contribution in [0.5, 0.6) is 0 Å². The van der Waals surface area contributed by atoms with Gasteiger partial charge in [-0.2, -0.15) is 9.38 Å². The van der Waals surface area contributed by atoms with E-state index in [-0.39, 0.29) is 11.7 Å². The van der Waals surface area contributed by atoms with Gasteiger partial charge in [-0.25, -0.2) is 13.1 Å². The highest BCUT2D eigenvalue weighted by Crippen LogP contribution is 2.31. The molecule has 1 atom stereocenters. The summed E-state index contributed by atoms with van der Waals surface area (Å²) < 4.78 is 26.5. The summed E-state index contributed by atoms with van der Waals surface area (Å²) in [4.78, 5) is 17.4. The Hall–Kier alpha value is -2.20. The number of hydrogen-bond donors (Lipinski definition) is 1. The summed E-state index contributed by atoms with van der Waals surface area (Å²) in [6.07, 6.45) is 4.46. The Morgan fingerprint density at radius 3 is 2.96 bits per heavy atom. The summed E-state index contributed by atoms with van der Waals surface area (Å²) in [7, 11) is -3.24. The molecule has 0 amide bonds. The third kappa shape index (κ3) is 3.49. The van der Waals surface area contributed by atoms with Crippen molar-refractivity contribution in [2.24, 2.45) is 5.92 Å². The van der Waals surface area contributed by atoms with Gasteiger partial charge in [0.25, 0.3) is 0 Å². The Labute approximate surface area is 139 Å². The molecule has 3 rings (SSSR count). The standard InChI is InChI=1S/C14H19N5O4S/c1-24(22,23)15-9-11-5-4-7-17(10-11)13-14(19(20)21)18-8-3-2-6-12(18)16-13/h2-3,6,8,11,15H,4-5,7,9-10H2,1H3. The predicted octanol–water partition coefficient (Wildman–Crippen LogP) is 1.01. The second-order valence-corrected chi connectivity index (χ2v) is 7.85. The molecule has 0 spiro atoms. The fourth-order valence-corrected chi connectivity index (χ4v) is 3.58. The molecule has 1 unspecified atom stereocenters. The Bertz CT molecular complexity index is 863. The molecule has 0 saturated carbocycles. The monoisotopic (exact) mass is 353 g/mol. The van der Waals surface area contributed by atoms with Crippen molar-refractivity contribution in [2.45, 2.75) is 12.8 Å². The molecule has 1 saturated heterocycles. The molecule has 0 aliphatic carbocycles. The van der Waals surface area contributed by atoms with Gasteiger partial charge < -0.3 is 15.0 Å². The lowest BCUT2D eigenvalue weighted by Crippen LogP contribution is -2.41. The van der Waals surface area contributed by atoms with Crippen LogP contribution in [-0.4, -0.2) is 48.6 Å². The van der Waals surface area contributed by atoms with Gasteiger partial charge in [0.05, 0.1) is 12.5 Å². The predicted molar refractivity (Wildman–Crippen MR) is 89.6 cm³/mol. The van der Waals surface area contributed by atoms with E-state index in [0.29, 0.717) is 31.1 Å². The zero-order valence-electron chi connectivity index (χ0n) is 13.3. The van der Waals surface area contributed by atoms with Crippen LogP contribution < -0.4 is 9.62 Å². The average Bonchev–Trinajstić information content (AvgIpc) is 2.92. The van der Waals surface area contributed by atoms with Crippen molar-refractivity contribution in [3.8, 4) is 0 Å². The van der Waals surface area contributed by atoms with E-state index in [9.17, 15) is 18.5 Å². The van der Waals surface area contributed by atoms with Crippen molar-refractivity contribution in [2.75, 3.05) is 30.8 Å². The van der Waals surface area contributed by atoms with Crippen LogP contribution in [0.3, 0.4) is 0 Å². The number of piperidine rings is 1. The van der Waals surface area contributed by atoms with E-state index in [2.05, 4.69) is 9.71 Å². The number of nitrogens with zero attached hydrogens (tertiary/aromatic N) is 4. The Morgan fingerprint density at radius 1 is 1.46 bits per heavy atom. The van der Waals surface area contributed by atoms with E-state index in [1.54, 1.807) is 24.4 Å². The van der Waals surface area contributed by atoms with Crippen LogP contribution >= 0.6 is 0 Å². The minimum atomic E-state index is -3.24. The third-order valence-electron chi connectivity index (χ3n) is 4.11. The summed E-state index contributed by atoms with van der Waals surface area (Å²) in [5.74, 6) is 0.385. The zero-order valence-corrected chi connectivity index (χ0v) is 14.1. The van der Waals surface area contributed by atoms with Crippen molar-refractivity contribution >= 4 is 27.3 Å². The second kappa shape index (κ2) is 6.36. The van der Waals surface area contributed by atoms with Crippen LogP contribution in [0, 0.1) is 16.0 Å². The summed E-state index contributed by atoms with van der Waals surface area (Å²) >= 11 is 0. The van der Waals surface area contributed by atoms with Gasteiger partial charge in [-0.15, -0.1) is 0 Å². The number of anilines is 1. The molecule has 2 aromatic heterocycles. The van der Waals surface area contributed by atoms with Gasteiger partial charge in [-0.05, 0) is 29.7 Å². The van der Waals surface area contributed by atoms with Gasteiger partial charge in [-0.1, -0.05) is 6.07 Å². The number of sulfonamides is 1. The highest BCUT2D eigenvalue weighted by Gasteiger charge is 2.30. The molecule has 1 aliphatic heterocycles. The molecule has 9 nitrogen and oxygen atoms in total. The Balaban J connectivity index is 1.87. The number of rotatable bonds is 5. The largest absolute Gasteiger partial charge is 0.372 e. The van der Waals surface area contributed by atoms with Gasteiger partial charge in [0, 0.05) is 25.7 Å². The molecular weight excluding hydrogens is 334 g/mol. The third-order valence-corrected chi connectivity index (χ3v) is 4.80. The number of aromatic nitrogens is 2. The van der Waals surface area contributed by atoms with E-state index in [4.69, 9.17) is 0 Å². The number of hydrogen-bond acceptors (Lipinski definition) is 6. The van der Waals surface area contributed by atoms with E-state index in [1.807, 2.05) is 4.90 Å². The molecular formula is C14H19N5O4S. The summed E-state index contributed by atoms with van der Waals surface area (Å²) in [6, 6.07) is 5.23. The molecule has 0 bridgehead atoms. The zero-order chi connectivity index (χ0) is 17.3. The molecule has 130 valence electrons. The summed E-state index contributed by atoms with van der Waals surface area (Å²) in [5.41, 5.74) is 0.524. The molecule has 0 aromatic carbocycles. The smallest absolute Gasteiger partial charge is 0.358 e. The van der Waals surface area contributed by atoms with Gasteiger partial charge in [0.15, 0.2) is 0 Å². The fraction of sp³-hybridized carbons (Fsp3) is 0.500. The summed E-state index contributed by atoms with van der Waals surface area (Å²) in [6.45, 7) is 1.53. The normalized spacial score (nSPS) is 18.9. The molecule has 2 aromatic rings. The van der Waals surface area contributed by atoms with Crippen LogP contribution in [0.15, 0.2) is 24.4 Å². The van der Waals surface area contributed by atoms with Crippen molar-refractivity contribution in [3.63, 3.8) is 0 Å². The first-order chi connectivity index (χ1) is 11.3. The van der Waals surface area contributed by atoms with Crippen molar-refractivity contribution in [1.29, 1.82) is 0 Å². The quantitative estimate of drug-likeness (QED) is 0.634. The first-order valence-corrected chi connectivity index (χ1v) is 9.55. The molecule has 1 fully saturated rings. The fourth-order valence-electron chi connectivity index (χ4n) is 3.05. The van der Waals surface area contributed by atoms with Crippen molar-refractivity contribution < 1.29 is 13.3 Å². The van der Waals surface area contributed by atoms with Crippen LogP contribution in [0.25, 0.3) is 5.65 Å². The minimum absolute atomic E-state index is 0.0534. The minimum Gasteiger partial charge on any atom is -0.358 e. The lowest BCUT2D eigenvalue weighted by molar-refractivity contribution is -0.389. The maximum absolute atomic E-state index is 11.5. The maximum Gasteiger partial charge on any atom is 0.372 e. The van der Waals surface area contributed by atoms with Crippen LogP contribution in [0.1, 0.15) is 12.8 Å². The molecule has 1 N–H and O–H groups in total. The van der Waals surface area contributed by atoms with E-state index in [1.165, 1.54) is 4.40 Å². The van der Waals surface area contributed by atoms with Crippen molar-refractivity contribution in [3.05, 3.63) is 34.5 Å². The van der Waals surface area contributed by atoms with Gasteiger partial charge in [-0.3, -0.25) is 0 Å². The lowest BCUT2D eigenvalue weighted by Gasteiger charge is -2.32. The number of fused-ring (bicyclic) bond motifs is 1. The average molecular weight is 353 g/mol. The highest BCUT2D eigenvalue weighted by atomic mass is 32.2. The van der Waals surface area contributed by atoms with E-state index >= 15 is 0 Å². The van der Waals surface area contributed by atoms with E-state index < -0.39 is 14.9 Å². The number of nitrogens with one attached hydrogen (secondary N) is 1. The molecule has 0 radical (unpaired) electrons. The van der Waals surface area contributed by atoms with Crippen LogP contribution in [0.2, 0.25) is 0 Å². The van der Waals surface area contributed by atoms with Gasteiger partial charge in [0.1, 0.15) is 0 Å². The number of nitro groups is 1. The Kier molecular flexibility index (Phi) is 4.41. The lowest BCUT2D eigenvalue weighted by atomic mass is 9.98. The van der Waals surface area contributed by atoms with Crippen molar-refractivity contribution in [1.82, 2.24) is 14.1 Å². The van der Waals surface area contributed by atoms with Crippen LogP contribution in [0.4, 0.5) is 11.6 Å². The summed E-state index contributed by atoms with van der Waals surface area (Å²) in [5, 5.41) is 11.5. The highest BCUT2D eigenvalue weighted by molar-refractivity contribution is 7.88. The number of imidazole rings is 1. The van der Waals surface area contributed by atoms with Crippen LogP contribution in [-0.2, 0) is 10.0 Å². The molecule has 3 heterocycles. The first-order valence-electron chi connectivity index (χ1n) is 7.66. The van der Waals surface area contributed by atoms with E-state index in [0.717, 1.165) is 19.1 Å². The van der Waals surface area contributed by atoms with Gasteiger partial charge >= 0.3 is 5.82 Å². The maximum atomic E-state index is 11.5. The molecule has 10 heteroatoms. The molecule has 1 aliphatic rings. The Morgan fingerprint density at radius 2 is 2.25 bits per heavy atom. The molecule has 24 heavy (non-hydrogen) atoms. The number of pyridine rings is 1. The van der Waals surface area contributed by atoms with Gasteiger partial charge in [0.2, 0.25) is 21.5 Å².